The summed E-state index contributed by atoms with van der Waals surface area (Å²) in [6.45, 7) is 7.66. The van der Waals surface area contributed by atoms with E-state index in [0.29, 0.717) is 6.04 Å². The van der Waals surface area contributed by atoms with Crippen LogP contribution in [0.4, 0.5) is 0 Å². The van der Waals surface area contributed by atoms with Crippen molar-refractivity contribution in [2.24, 2.45) is 0 Å². The van der Waals surface area contributed by atoms with Crippen molar-refractivity contribution in [3.05, 3.63) is 17.5 Å². The topological polar surface area (TPSA) is 29.9 Å². The molecule has 1 unspecified atom stereocenters. The number of aryl methyl sites for hydroxylation is 2. The molecule has 0 aromatic carbocycles. The first-order valence-corrected chi connectivity index (χ1v) is 6.55. The minimum Gasteiger partial charge on any atom is -0.312 e. The van der Waals surface area contributed by atoms with Crippen LogP contribution in [0.25, 0.3) is 0 Å². The lowest BCUT2D eigenvalue weighted by Gasteiger charge is -2.15. The molecule has 2 rings (SSSR count). The average molecular weight is 221 g/mol. The third-order valence-corrected chi connectivity index (χ3v) is 3.28. The molecule has 1 heterocycles. The quantitative estimate of drug-likeness (QED) is 0.799. The van der Waals surface area contributed by atoms with Crippen LogP contribution in [0, 0.1) is 0 Å². The highest BCUT2D eigenvalue weighted by Crippen LogP contribution is 2.20. The van der Waals surface area contributed by atoms with E-state index in [1.165, 1.54) is 24.2 Å². The molecule has 0 radical (unpaired) electrons. The van der Waals surface area contributed by atoms with Gasteiger partial charge in [0.15, 0.2) is 0 Å². The molecule has 1 fully saturated rings. The third-order valence-electron chi connectivity index (χ3n) is 3.28. The molecule has 0 bridgehead atoms. The Hall–Kier alpha value is -0.830. The fourth-order valence-electron chi connectivity index (χ4n) is 2.02. The highest BCUT2D eigenvalue weighted by Gasteiger charge is 2.21. The van der Waals surface area contributed by atoms with Gasteiger partial charge in [0.05, 0.1) is 11.7 Å². The summed E-state index contributed by atoms with van der Waals surface area (Å²) in [6.07, 6.45) is 4.81. The van der Waals surface area contributed by atoms with Gasteiger partial charge in [-0.3, -0.25) is 4.68 Å². The normalized spacial score (nSPS) is 17.7. The Balaban J connectivity index is 2.01. The second kappa shape index (κ2) is 5.00. The van der Waals surface area contributed by atoms with Crippen LogP contribution in [-0.4, -0.2) is 22.4 Å². The summed E-state index contributed by atoms with van der Waals surface area (Å²) in [4.78, 5) is 0. The van der Waals surface area contributed by atoms with Crippen LogP contribution in [0.15, 0.2) is 6.07 Å². The number of hydrogen-bond acceptors (Lipinski definition) is 2. The van der Waals surface area contributed by atoms with Gasteiger partial charge in [-0.15, -0.1) is 0 Å². The zero-order valence-corrected chi connectivity index (χ0v) is 10.7. The van der Waals surface area contributed by atoms with E-state index >= 15 is 0 Å². The van der Waals surface area contributed by atoms with Gasteiger partial charge < -0.3 is 5.32 Å². The number of nitrogens with zero attached hydrogens (tertiary/aromatic N) is 2. The minimum absolute atomic E-state index is 0.468. The first-order valence-electron chi connectivity index (χ1n) is 6.55. The van der Waals surface area contributed by atoms with E-state index in [4.69, 9.17) is 0 Å². The summed E-state index contributed by atoms with van der Waals surface area (Å²) in [5.41, 5.74) is 2.58. The molecular formula is C13H23N3. The van der Waals surface area contributed by atoms with Crippen molar-refractivity contribution in [2.45, 2.75) is 58.5 Å². The van der Waals surface area contributed by atoms with Gasteiger partial charge in [0, 0.05) is 18.3 Å². The Morgan fingerprint density at radius 1 is 1.44 bits per heavy atom. The fraction of sp³-hybridized carbons (Fsp3) is 0.769. The summed E-state index contributed by atoms with van der Waals surface area (Å²) >= 11 is 0. The Bertz CT molecular complexity index is 339. The highest BCUT2D eigenvalue weighted by atomic mass is 15.3. The molecule has 1 aliphatic rings. The van der Waals surface area contributed by atoms with Crippen molar-refractivity contribution in [3.63, 3.8) is 0 Å². The zero-order valence-electron chi connectivity index (χ0n) is 10.7. The first-order chi connectivity index (χ1) is 7.74. The molecule has 0 amide bonds. The Morgan fingerprint density at radius 2 is 2.19 bits per heavy atom. The van der Waals surface area contributed by atoms with Crippen LogP contribution in [0.5, 0.6) is 0 Å². The summed E-state index contributed by atoms with van der Waals surface area (Å²) in [5, 5.41) is 8.25. The SMILES string of the molecule is CCc1cc(CC)n(C(C)CNC2CC2)n1. The van der Waals surface area contributed by atoms with Crippen LogP contribution in [0.2, 0.25) is 0 Å². The molecule has 1 aromatic rings. The van der Waals surface area contributed by atoms with E-state index in [9.17, 15) is 0 Å². The van der Waals surface area contributed by atoms with Gasteiger partial charge >= 0.3 is 0 Å². The maximum atomic E-state index is 4.67. The van der Waals surface area contributed by atoms with Crippen LogP contribution in [0.1, 0.15) is 51.0 Å². The van der Waals surface area contributed by atoms with E-state index in [1.807, 2.05) is 0 Å². The fourth-order valence-corrected chi connectivity index (χ4v) is 2.02. The van der Waals surface area contributed by atoms with Gasteiger partial charge in [-0.25, -0.2) is 0 Å². The summed E-state index contributed by atoms with van der Waals surface area (Å²) in [6, 6.07) is 3.50. The van der Waals surface area contributed by atoms with Crippen LogP contribution >= 0.6 is 0 Å². The molecule has 1 aromatic heterocycles. The monoisotopic (exact) mass is 221 g/mol. The number of hydrogen-bond donors (Lipinski definition) is 1. The van der Waals surface area contributed by atoms with E-state index in [-0.39, 0.29) is 0 Å². The Kier molecular flexibility index (Phi) is 3.64. The third kappa shape index (κ3) is 2.64. The van der Waals surface area contributed by atoms with Crippen molar-refractivity contribution in [3.8, 4) is 0 Å². The molecular weight excluding hydrogens is 198 g/mol. The molecule has 3 nitrogen and oxygen atoms in total. The lowest BCUT2D eigenvalue weighted by atomic mass is 10.2. The lowest BCUT2D eigenvalue weighted by Crippen LogP contribution is -2.26. The highest BCUT2D eigenvalue weighted by molar-refractivity contribution is 5.11. The molecule has 1 atom stereocenters. The zero-order chi connectivity index (χ0) is 11.5. The summed E-state index contributed by atoms with van der Waals surface area (Å²) < 4.78 is 2.20. The second-order valence-electron chi connectivity index (χ2n) is 4.81. The van der Waals surface area contributed by atoms with E-state index in [2.05, 4.69) is 41.9 Å². The summed E-state index contributed by atoms with van der Waals surface area (Å²) in [7, 11) is 0. The molecule has 1 aliphatic carbocycles. The predicted molar refractivity (Wildman–Crippen MR) is 66.7 cm³/mol. The second-order valence-corrected chi connectivity index (χ2v) is 4.81. The van der Waals surface area contributed by atoms with Crippen LogP contribution in [0.3, 0.4) is 0 Å². The smallest absolute Gasteiger partial charge is 0.0624 e. The van der Waals surface area contributed by atoms with Crippen LogP contribution < -0.4 is 5.32 Å². The van der Waals surface area contributed by atoms with Crippen molar-refractivity contribution >= 4 is 0 Å². The summed E-state index contributed by atoms with van der Waals surface area (Å²) in [5.74, 6) is 0. The average Bonchev–Trinajstić information content (AvgIpc) is 3.03. The lowest BCUT2D eigenvalue weighted by molar-refractivity contribution is 0.437. The maximum Gasteiger partial charge on any atom is 0.0624 e. The van der Waals surface area contributed by atoms with Crippen molar-refractivity contribution in [1.29, 1.82) is 0 Å². The van der Waals surface area contributed by atoms with Gasteiger partial charge in [0.1, 0.15) is 0 Å². The van der Waals surface area contributed by atoms with Crippen molar-refractivity contribution in [2.75, 3.05) is 6.54 Å². The number of aromatic nitrogens is 2. The minimum atomic E-state index is 0.468. The van der Waals surface area contributed by atoms with Crippen molar-refractivity contribution < 1.29 is 0 Å². The largest absolute Gasteiger partial charge is 0.312 e. The number of rotatable bonds is 6. The molecule has 90 valence electrons. The molecule has 0 saturated heterocycles. The van der Waals surface area contributed by atoms with Crippen LogP contribution in [-0.2, 0) is 12.8 Å². The Labute approximate surface area is 98.2 Å². The molecule has 0 aliphatic heterocycles. The van der Waals surface area contributed by atoms with E-state index in [0.717, 1.165) is 25.4 Å². The van der Waals surface area contributed by atoms with Gasteiger partial charge in [-0.2, -0.15) is 5.10 Å². The van der Waals surface area contributed by atoms with Gasteiger partial charge in [0.25, 0.3) is 0 Å². The Morgan fingerprint density at radius 3 is 2.75 bits per heavy atom. The molecule has 16 heavy (non-hydrogen) atoms. The van der Waals surface area contributed by atoms with Gasteiger partial charge in [-0.05, 0) is 38.7 Å². The molecule has 1 N–H and O–H groups in total. The van der Waals surface area contributed by atoms with Gasteiger partial charge in [0.2, 0.25) is 0 Å². The van der Waals surface area contributed by atoms with E-state index < -0.39 is 0 Å². The van der Waals surface area contributed by atoms with Gasteiger partial charge in [-0.1, -0.05) is 13.8 Å². The van der Waals surface area contributed by atoms with E-state index in [1.54, 1.807) is 0 Å². The molecule has 1 saturated carbocycles. The maximum absolute atomic E-state index is 4.67. The first kappa shape index (κ1) is 11.6. The molecule has 0 spiro atoms. The molecule has 3 heteroatoms. The van der Waals surface area contributed by atoms with Crippen molar-refractivity contribution in [1.82, 2.24) is 15.1 Å². The number of nitrogens with one attached hydrogen (secondary N) is 1. The standard InChI is InChI=1S/C13H23N3/c1-4-11-8-13(5-2)16(15-11)10(3)9-14-12-6-7-12/h8,10,12,14H,4-7,9H2,1-3H3. The predicted octanol–water partition coefficient (Wildman–Crippen LogP) is 2.32.